The molecule has 0 fully saturated rings. The highest BCUT2D eigenvalue weighted by Gasteiger charge is 2.18. The van der Waals surface area contributed by atoms with Gasteiger partial charge in [-0.05, 0) is 30.0 Å². The van der Waals surface area contributed by atoms with E-state index in [0.29, 0.717) is 18.6 Å². The van der Waals surface area contributed by atoms with E-state index in [9.17, 15) is 8.42 Å². The van der Waals surface area contributed by atoms with Gasteiger partial charge in [-0.3, -0.25) is 4.18 Å². The van der Waals surface area contributed by atoms with Crippen LogP contribution in [0.15, 0.2) is 30.3 Å². The summed E-state index contributed by atoms with van der Waals surface area (Å²) >= 11 is 0. The molecule has 168 valence electrons. The Hall–Kier alpha value is -1.19. The van der Waals surface area contributed by atoms with Crippen LogP contribution in [-0.2, 0) is 29.3 Å². The zero-order chi connectivity index (χ0) is 21.2. The molecule has 0 bridgehead atoms. The number of para-hydroxylation sites is 1. The molecule has 1 unspecified atom stereocenters. The van der Waals surface area contributed by atoms with E-state index in [4.69, 9.17) is 14.0 Å². The zero-order valence-corrected chi connectivity index (χ0v) is 18.5. The van der Waals surface area contributed by atoms with Gasteiger partial charge in [0.05, 0.1) is 12.4 Å². The van der Waals surface area contributed by atoms with Crippen LogP contribution in [0, 0.1) is 0 Å². The molecular weight excluding hydrogens is 396 g/mol. The molecule has 0 N–H and O–H groups in total. The van der Waals surface area contributed by atoms with Gasteiger partial charge in [0.15, 0.2) is 5.75 Å². The first-order valence-corrected chi connectivity index (χ1v) is 12.2. The van der Waals surface area contributed by atoms with Crippen molar-refractivity contribution >= 4 is 10.1 Å². The van der Waals surface area contributed by atoms with Crippen LogP contribution in [0.5, 0.6) is 5.75 Å². The molecular formula is C21H36O7S. The first kappa shape index (κ1) is 25.8. The number of hydrogen-bond acceptors (Lipinski definition) is 7. The lowest BCUT2D eigenvalue weighted by Crippen LogP contribution is -2.24. The Bertz CT molecular complexity index is 592. The van der Waals surface area contributed by atoms with E-state index in [1.165, 1.54) is 25.7 Å². The summed E-state index contributed by atoms with van der Waals surface area (Å²) in [5, 5.41) is 9.25. The van der Waals surface area contributed by atoms with Crippen LogP contribution in [0.4, 0.5) is 0 Å². The molecule has 0 aliphatic heterocycles. The van der Waals surface area contributed by atoms with Crippen LogP contribution in [-0.4, -0.2) is 26.9 Å². The lowest BCUT2D eigenvalue weighted by molar-refractivity contribution is -0.616. The molecule has 0 saturated carbocycles. The minimum absolute atomic E-state index is 0.00211. The first-order valence-electron chi connectivity index (χ1n) is 10.7. The first-order chi connectivity index (χ1) is 14.1. The highest BCUT2D eigenvalue weighted by atomic mass is 32.2. The lowest BCUT2D eigenvalue weighted by Gasteiger charge is -2.15. The molecule has 0 amide bonds. The fourth-order valence-electron chi connectivity index (χ4n) is 2.65. The average Bonchev–Trinajstić information content (AvgIpc) is 2.73. The second-order valence-electron chi connectivity index (χ2n) is 7.06. The molecule has 29 heavy (non-hydrogen) atoms. The number of rotatable bonds is 19. The van der Waals surface area contributed by atoms with E-state index < -0.39 is 16.2 Å². The second kappa shape index (κ2) is 16.6. The molecule has 0 saturated heterocycles. The summed E-state index contributed by atoms with van der Waals surface area (Å²) in [6.45, 7) is 4.01. The summed E-state index contributed by atoms with van der Waals surface area (Å²) in [7, 11) is -3.57. The summed E-state index contributed by atoms with van der Waals surface area (Å²) in [6, 6.07) is 8.82. The van der Waals surface area contributed by atoms with Crippen molar-refractivity contribution < 1.29 is 32.5 Å². The minimum Gasteiger partial charge on any atom is -0.306 e. The third kappa shape index (κ3) is 14.4. The van der Waals surface area contributed by atoms with Crippen molar-refractivity contribution in [3.05, 3.63) is 30.3 Å². The van der Waals surface area contributed by atoms with Crippen LogP contribution < -0.4 is 4.89 Å². The van der Waals surface area contributed by atoms with Crippen molar-refractivity contribution in [3.63, 3.8) is 0 Å². The molecule has 1 atom stereocenters. The van der Waals surface area contributed by atoms with Gasteiger partial charge in [0.1, 0.15) is 6.10 Å². The van der Waals surface area contributed by atoms with Crippen molar-refractivity contribution in [1.82, 2.24) is 0 Å². The third-order valence-corrected chi connectivity index (χ3v) is 5.67. The van der Waals surface area contributed by atoms with Gasteiger partial charge in [0, 0.05) is 5.04 Å². The highest BCUT2D eigenvalue weighted by Crippen LogP contribution is 2.14. The topological polar surface area (TPSA) is 80.3 Å². The van der Waals surface area contributed by atoms with E-state index in [-0.39, 0.29) is 12.4 Å². The molecule has 0 aliphatic rings. The van der Waals surface area contributed by atoms with Crippen molar-refractivity contribution in [2.24, 2.45) is 0 Å². The summed E-state index contributed by atoms with van der Waals surface area (Å²) in [4.78, 5) is 10.1. The molecule has 1 aromatic carbocycles. The maximum Gasteiger partial charge on any atom is 0.267 e. The summed E-state index contributed by atoms with van der Waals surface area (Å²) in [6.07, 6.45) is 9.43. The molecule has 0 heterocycles. The molecule has 0 radical (unpaired) electrons. The third-order valence-electron chi connectivity index (χ3n) is 4.39. The van der Waals surface area contributed by atoms with E-state index >= 15 is 0 Å². The fraction of sp³-hybridized carbons (Fsp3) is 0.714. The van der Waals surface area contributed by atoms with Crippen molar-refractivity contribution in [3.8, 4) is 5.75 Å². The van der Waals surface area contributed by atoms with Gasteiger partial charge in [0.25, 0.3) is 10.1 Å². The van der Waals surface area contributed by atoms with Gasteiger partial charge in [0.2, 0.25) is 0 Å². The highest BCUT2D eigenvalue weighted by molar-refractivity contribution is 7.86. The maximum atomic E-state index is 11.9. The van der Waals surface area contributed by atoms with E-state index in [0.717, 1.165) is 25.7 Å². The number of benzene rings is 1. The van der Waals surface area contributed by atoms with Gasteiger partial charge in [-0.25, -0.2) is 0 Å². The van der Waals surface area contributed by atoms with E-state index in [1.807, 2.05) is 13.0 Å². The van der Waals surface area contributed by atoms with Crippen LogP contribution in [0.25, 0.3) is 0 Å². The maximum absolute atomic E-state index is 11.9. The molecule has 0 spiro atoms. The summed E-state index contributed by atoms with van der Waals surface area (Å²) in [5.41, 5.74) is 0. The Morgan fingerprint density at radius 1 is 0.828 bits per heavy atom. The molecule has 1 aromatic rings. The SMILES string of the molecule is CCCCCCCCCC(COS(=O)(=O)CCCC)OOOOc1ccccc1. The van der Waals surface area contributed by atoms with Crippen LogP contribution in [0.1, 0.15) is 78.1 Å². The van der Waals surface area contributed by atoms with Gasteiger partial charge >= 0.3 is 0 Å². The zero-order valence-electron chi connectivity index (χ0n) is 17.7. The Kier molecular flexibility index (Phi) is 14.8. The quantitative estimate of drug-likeness (QED) is 0.123. The molecule has 8 heteroatoms. The second-order valence-corrected chi connectivity index (χ2v) is 8.82. The summed E-state index contributed by atoms with van der Waals surface area (Å²) in [5.74, 6) is 0.459. The molecule has 1 rings (SSSR count). The lowest BCUT2D eigenvalue weighted by atomic mass is 10.1. The fourth-order valence-corrected chi connectivity index (χ4v) is 3.77. The Balaban J connectivity index is 2.34. The van der Waals surface area contributed by atoms with Crippen LogP contribution >= 0.6 is 0 Å². The van der Waals surface area contributed by atoms with E-state index in [2.05, 4.69) is 17.0 Å². The normalized spacial score (nSPS) is 12.8. The van der Waals surface area contributed by atoms with Crippen molar-refractivity contribution in [2.75, 3.05) is 12.4 Å². The number of unbranched alkanes of at least 4 members (excludes halogenated alkanes) is 7. The van der Waals surface area contributed by atoms with Gasteiger partial charge in [-0.1, -0.05) is 83.4 Å². The number of hydrogen-bond donors (Lipinski definition) is 0. The van der Waals surface area contributed by atoms with Crippen LogP contribution in [0.3, 0.4) is 0 Å². The smallest absolute Gasteiger partial charge is 0.267 e. The largest absolute Gasteiger partial charge is 0.306 e. The predicted molar refractivity (Wildman–Crippen MR) is 111 cm³/mol. The van der Waals surface area contributed by atoms with Gasteiger partial charge in [-0.2, -0.15) is 13.3 Å². The molecule has 0 aromatic heterocycles. The molecule has 7 nitrogen and oxygen atoms in total. The summed E-state index contributed by atoms with van der Waals surface area (Å²) < 4.78 is 28.9. The van der Waals surface area contributed by atoms with Crippen molar-refractivity contribution in [1.29, 1.82) is 0 Å². The Labute approximate surface area is 175 Å². The predicted octanol–water partition coefficient (Wildman–Crippen LogP) is 5.52. The van der Waals surface area contributed by atoms with Gasteiger partial charge in [-0.15, -0.1) is 0 Å². The van der Waals surface area contributed by atoms with E-state index in [1.54, 1.807) is 24.3 Å². The average molecular weight is 433 g/mol. The standard InChI is InChI=1S/C21H36O7S/c1-3-5-7-8-9-10-12-17-21(19-24-29(22,23)18-6-4-2)26-28-27-25-20-15-13-11-14-16-20/h11,13-16,21H,3-10,12,17-19H2,1-2H3. The Morgan fingerprint density at radius 3 is 2.17 bits per heavy atom. The Morgan fingerprint density at radius 2 is 1.48 bits per heavy atom. The van der Waals surface area contributed by atoms with Gasteiger partial charge < -0.3 is 4.89 Å². The monoisotopic (exact) mass is 432 g/mol. The van der Waals surface area contributed by atoms with Crippen LogP contribution in [0.2, 0.25) is 0 Å². The molecule has 0 aliphatic carbocycles. The van der Waals surface area contributed by atoms with Crippen molar-refractivity contribution in [2.45, 2.75) is 84.2 Å². The minimum atomic E-state index is -3.57.